The van der Waals surface area contributed by atoms with Gasteiger partial charge in [-0.05, 0) is 25.0 Å². The number of hydrogen-bond acceptors (Lipinski definition) is 2. The fourth-order valence-corrected chi connectivity index (χ4v) is 2.40. The van der Waals surface area contributed by atoms with Gasteiger partial charge in [0, 0.05) is 23.9 Å². The molecule has 0 radical (unpaired) electrons. The Labute approximate surface area is 94.5 Å². The van der Waals surface area contributed by atoms with Gasteiger partial charge in [-0.1, -0.05) is 12.1 Å². The summed E-state index contributed by atoms with van der Waals surface area (Å²) < 4.78 is 5.69. The Morgan fingerprint density at radius 3 is 3.19 bits per heavy atom. The first-order valence-corrected chi connectivity index (χ1v) is 5.58. The largest absolute Gasteiger partial charge is 0.493 e. The normalized spacial score (nSPS) is 18.9. The number of benzene rings is 1. The van der Waals surface area contributed by atoms with Crippen molar-refractivity contribution in [2.45, 2.75) is 19.3 Å². The highest BCUT2D eigenvalue weighted by Crippen LogP contribution is 2.38. The van der Waals surface area contributed by atoms with E-state index in [1.54, 1.807) is 0 Å². The molecule has 0 aliphatic carbocycles. The van der Waals surface area contributed by atoms with Crippen LogP contribution in [-0.4, -0.2) is 16.6 Å². The minimum absolute atomic E-state index is 0.347. The molecule has 2 aromatic rings. The van der Waals surface area contributed by atoms with E-state index in [1.165, 1.54) is 11.1 Å². The number of H-pyrrole nitrogens is 1. The Morgan fingerprint density at radius 1 is 1.44 bits per heavy atom. The lowest BCUT2D eigenvalue weighted by atomic mass is 9.89. The zero-order valence-electron chi connectivity index (χ0n) is 9.23. The molecule has 0 amide bonds. The van der Waals surface area contributed by atoms with Gasteiger partial charge in [-0.3, -0.25) is 0 Å². The minimum atomic E-state index is 0.347. The number of nitrogens with one attached hydrogen (secondary N) is 1. The number of aryl methyl sites for hydroxylation is 1. The second-order valence-electron chi connectivity index (χ2n) is 4.15. The van der Waals surface area contributed by atoms with Gasteiger partial charge in [-0.15, -0.1) is 0 Å². The van der Waals surface area contributed by atoms with Crippen LogP contribution in [0.2, 0.25) is 0 Å². The van der Waals surface area contributed by atoms with Gasteiger partial charge < -0.3 is 9.72 Å². The highest BCUT2D eigenvalue weighted by molar-refractivity contribution is 5.45. The average Bonchev–Trinajstić information content (AvgIpc) is 2.82. The summed E-state index contributed by atoms with van der Waals surface area (Å²) in [5.74, 6) is 2.39. The third-order valence-corrected chi connectivity index (χ3v) is 3.15. The van der Waals surface area contributed by atoms with Gasteiger partial charge in [0.1, 0.15) is 11.6 Å². The van der Waals surface area contributed by atoms with E-state index in [0.717, 1.165) is 24.6 Å². The fourth-order valence-electron chi connectivity index (χ4n) is 2.40. The van der Waals surface area contributed by atoms with Crippen LogP contribution in [0.15, 0.2) is 30.6 Å². The molecule has 0 saturated heterocycles. The van der Waals surface area contributed by atoms with E-state index in [4.69, 9.17) is 4.74 Å². The first-order chi connectivity index (χ1) is 7.86. The van der Waals surface area contributed by atoms with Crippen molar-refractivity contribution in [1.82, 2.24) is 9.97 Å². The maximum Gasteiger partial charge on any atom is 0.123 e. The zero-order chi connectivity index (χ0) is 11.0. The zero-order valence-corrected chi connectivity index (χ0v) is 9.23. The molecule has 3 rings (SSSR count). The summed E-state index contributed by atoms with van der Waals surface area (Å²) in [4.78, 5) is 7.58. The molecule has 0 bridgehead atoms. The van der Waals surface area contributed by atoms with Crippen molar-refractivity contribution in [2.24, 2.45) is 0 Å². The molecule has 3 heteroatoms. The maximum absolute atomic E-state index is 5.69. The second kappa shape index (κ2) is 3.67. The van der Waals surface area contributed by atoms with E-state index in [1.807, 2.05) is 24.5 Å². The van der Waals surface area contributed by atoms with E-state index >= 15 is 0 Å². The van der Waals surface area contributed by atoms with E-state index in [2.05, 4.69) is 23.0 Å². The molecule has 1 aromatic heterocycles. The molecular weight excluding hydrogens is 200 g/mol. The molecule has 0 unspecified atom stereocenters. The fraction of sp³-hybridized carbons (Fsp3) is 0.308. The molecule has 1 aliphatic heterocycles. The predicted molar refractivity (Wildman–Crippen MR) is 61.7 cm³/mol. The SMILES string of the molecule is Cc1cccc2c1[C@H](c1ncc[nH]1)CCO2. The Balaban J connectivity index is 2.12. The Kier molecular flexibility index (Phi) is 2.17. The standard InChI is InChI=1S/C13H14N2O/c1-9-3-2-4-11-12(9)10(5-8-16-11)13-14-6-7-15-13/h2-4,6-7,10H,5,8H2,1H3,(H,14,15)/t10-/m1/s1. The molecule has 1 N–H and O–H groups in total. The highest BCUT2D eigenvalue weighted by Gasteiger charge is 2.26. The van der Waals surface area contributed by atoms with Gasteiger partial charge in [-0.2, -0.15) is 0 Å². The summed E-state index contributed by atoms with van der Waals surface area (Å²) in [5, 5.41) is 0. The van der Waals surface area contributed by atoms with E-state index in [0.29, 0.717) is 5.92 Å². The number of ether oxygens (including phenoxy) is 1. The van der Waals surface area contributed by atoms with Crippen LogP contribution in [0.3, 0.4) is 0 Å². The molecule has 2 heterocycles. The average molecular weight is 214 g/mol. The number of aromatic nitrogens is 2. The van der Waals surface area contributed by atoms with Gasteiger partial charge in [-0.25, -0.2) is 4.98 Å². The quantitative estimate of drug-likeness (QED) is 0.792. The van der Waals surface area contributed by atoms with E-state index < -0.39 is 0 Å². The number of aromatic amines is 1. The molecule has 0 saturated carbocycles. The lowest BCUT2D eigenvalue weighted by Gasteiger charge is -2.26. The smallest absolute Gasteiger partial charge is 0.123 e. The van der Waals surface area contributed by atoms with Crippen LogP contribution in [0, 0.1) is 6.92 Å². The molecule has 0 fully saturated rings. The van der Waals surface area contributed by atoms with Crippen molar-refractivity contribution >= 4 is 0 Å². The number of rotatable bonds is 1. The number of imidazole rings is 1. The van der Waals surface area contributed by atoms with Crippen molar-refractivity contribution in [1.29, 1.82) is 0 Å². The minimum Gasteiger partial charge on any atom is -0.493 e. The molecule has 16 heavy (non-hydrogen) atoms. The van der Waals surface area contributed by atoms with Crippen LogP contribution in [0.5, 0.6) is 5.75 Å². The predicted octanol–water partition coefficient (Wildman–Crippen LogP) is 2.63. The Morgan fingerprint density at radius 2 is 2.38 bits per heavy atom. The second-order valence-corrected chi connectivity index (χ2v) is 4.15. The summed E-state index contributed by atoms with van der Waals surface area (Å²) in [5.41, 5.74) is 2.56. The van der Waals surface area contributed by atoms with Gasteiger partial charge in [0.25, 0.3) is 0 Å². The first-order valence-electron chi connectivity index (χ1n) is 5.58. The monoisotopic (exact) mass is 214 g/mol. The third kappa shape index (κ3) is 1.40. The van der Waals surface area contributed by atoms with Gasteiger partial charge in [0.2, 0.25) is 0 Å². The van der Waals surface area contributed by atoms with Crippen LogP contribution < -0.4 is 4.74 Å². The molecular formula is C13H14N2O. The van der Waals surface area contributed by atoms with Crippen LogP contribution in [0.1, 0.15) is 29.3 Å². The summed E-state index contributed by atoms with van der Waals surface area (Å²) in [6, 6.07) is 6.21. The Hall–Kier alpha value is -1.77. The lowest BCUT2D eigenvalue weighted by molar-refractivity contribution is 0.274. The van der Waals surface area contributed by atoms with Crippen LogP contribution >= 0.6 is 0 Å². The molecule has 1 atom stereocenters. The first kappa shape index (κ1) is 9.46. The van der Waals surface area contributed by atoms with Crippen molar-refractivity contribution in [3.05, 3.63) is 47.5 Å². The molecule has 1 aromatic carbocycles. The van der Waals surface area contributed by atoms with Gasteiger partial charge in [0.15, 0.2) is 0 Å². The van der Waals surface area contributed by atoms with Crippen molar-refractivity contribution in [3.8, 4) is 5.75 Å². The summed E-state index contributed by atoms with van der Waals surface area (Å²) in [7, 11) is 0. The van der Waals surface area contributed by atoms with Gasteiger partial charge >= 0.3 is 0 Å². The van der Waals surface area contributed by atoms with Gasteiger partial charge in [0.05, 0.1) is 6.61 Å². The number of fused-ring (bicyclic) bond motifs is 1. The lowest BCUT2D eigenvalue weighted by Crippen LogP contribution is -2.17. The van der Waals surface area contributed by atoms with Crippen molar-refractivity contribution in [3.63, 3.8) is 0 Å². The highest BCUT2D eigenvalue weighted by atomic mass is 16.5. The van der Waals surface area contributed by atoms with Crippen LogP contribution in [0.25, 0.3) is 0 Å². The number of nitrogens with zero attached hydrogens (tertiary/aromatic N) is 1. The third-order valence-electron chi connectivity index (χ3n) is 3.15. The Bertz CT molecular complexity index is 491. The van der Waals surface area contributed by atoms with E-state index in [9.17, 15) is 0 Å². The molecule has 0 spiro atoms. The molecule has 1 aliphatic rings. The maximum atomic E-state index is 5.69. The molecule has 82 valence electrons. The van der Waals surface area contributed by atoms with Crippen LogP contribution in [0.4, 0.5) is 0 Å². The summed E-state index contributed by atoms with van der Waals surface area (Å²) in [6.45, 7) is 2.89. The number of hydrogen-bond donors (Lipinski definition) is 1. The summed E-state index contributed by atoms with van der Waals surface area (Å²) in [6.07, 6.45) is 4.68. The van der Waals surface area contributed by atoms with Crippen molar-refractivity contribution in [2.75, 3.05) is 6.61 Å². The van der Waals surface area contributed by atoms with Crippen LogP contribution in [-0.2, 0) is 0 Å². The molecule has 3 nitrogen and oxygen atoms in total. The van der Waals surface area contributed by atoms with Crippen molar-refractivity contribution < 1.29 is 4.74 Å². The topological polar surface area (TPSA) is 37.9 Å². The van der Waals surface area contributed by atoms with E-state index in [-0.39, 0.29) is 0 Å². The summed E-state index contributed by atoms with van der Waals surface area (Å²) >= 11 is 0.